The van der Waals surface area contributed by atoms with Gasteiger partial charge in [0.2, 0.25) is 5.95 Å². The normalized spacial score (nSPS) is 10.1. The van der Waals surface area contributed by atoms with E-state index >= 15 is 0 Å². The summed E-state index contributed by atoms with van der Waals surface area (Å²) in [5.74, 6) is 1.34. The molecule has 1 aromatic heterocycles. The average Bonchev–Trinajstić information content (AvgIpc) is 2.70. The summed E-state index contributed by atoms with van der Waals surface area (Å²) in [6.07, 6.45) is 1.53. The minimum Gasteiger partial charge on any atom is -0.495 e. The maximum Gasteiger partial charge on any atom is 0.274 e. The largest absolute Gasteiger partial charge is 0.495 e. The van der Waals surface area contributed by atoms with Gasteiger partial charge in [-0.15, -0.1) is 0 Å². The molecular formula is C20H20N4O3. The molecule has 0 saturated heterocycles. The molecule has 1 amide bonds. The van der Waals surface area contributed by atoms with Crippen molar-refractivity contribution in [3.05, 3.63) is 66.5 Å². The number of amides is 1. The number of para-hydroxylation sites is 2. The first-order valence-electron chi connectivity index (χ1n) is 8.47. The highest BCUT2D eigenvalue weighted by Crippen LogP contribution is 2.23. The molecule has 1 heterocycles. The highest BCUT2D eigenvalue weighted by molar-refractivity contribution is 6.03. The van der Waals surface area contributed by atoms with Gasteiger partial charge in [-0.1, -0.05) is 12.1 Å². The van der Waals surface area contributed by atoms with Crippen molar-refractivity contribution < 1.29 is 14.3 Å². The molecule has 3 aromatic rings. The van der Waals surface area contributed by atoms with E-state index in [1.54, 1.807) is 25.3 Å². The fourth-order valence-electron chi connectivity index (χ4n) is 2.41. The zero-order valence-corrected chi connectivity index (χ0v) is 15.1. The molecule has 0 aliphatic rings. The molecule has 0 atom stereocenters. The summed E-state index contributed by atoms with van der Waals surface area (Å²) in [6, 6.07) is 16.1. The van der Waals surface area contributed by atoms with E-state index in [0.717, 1.165) is 11.4 Å². The average molecular weight is 364 g/mol. The van der Waals surface area contributed by atoms with E-state index in [9.17, 15) is 4.79 Å². The van der Waals surface area contributed by atoms with Crippen LogP contribution in [0.3, 0.4) is 0 Å². The van der Waals surface area contributed by atoms with Gasteiger partial charge in [-0.2, -0.15) is 0 Å². The molecule has 138 valence electrons. The van der Waals surface area contributed by atoms with Gasteiger partial charge in [0.1, 0.15) is 17.2 Å². The van der Waals surface area contributed by atoms with E-state index in [-0.39, 0.29) is 11.6 Å². The Labute approximate surface area is 157 Å². The second-order valence-electron chi connectivity index (χ2n) is 5.50. The molecule has 0 aliphatic heterocycles. The first-order valence-corrected chi connectivity index (χ1v) is 8.47. The van der Waals surface area contributed by atoms with Crippen LogP contribution in [0.5, 0.6) is 11.5 Å². The summed E-state index contributed by atoms with van der Waals surface area (Å²) in [7, 11) is 1.55. The van der Waals surface area contributed by atoms with Crippen molar-refractivity contribution in [1.29, 1.82) is 0 Å². The minimum atomic E-state index is -0.350. The second-order valence-corrected chi connectivity index (χ2v) is 5.50. The molecule has 2 aromatic carbocycles. The van der Waals surface area contributed by atoms with Gasteiger partial charge < -0.3 is 20.1 Å². The van der Waals surface area contributed by atoms with E-state index in [4.69, 9.17) is 9.47 Å². The van der Waals surface area contributed by atoms with E-state index < -0.39 is 0 Å². The summed E-state index contributed by atoms with van der Waals surface area (Å²) in [4.78, 5) is 20.9. The summed E-state index contributed by atoms with van der Waals surface area (Å²) in [5, 5.41) is 5.86. The van der Waals surface area contributed by atoms with Crippen LogP contribution in [0.25, 0.3) is 0 Å². The number of benzene rings is 2. The molecule has 3 rings (SSSR count). The Hall–Kier alpha value is -3.61. The number of carbonyl (C=O) groups is 1. The van der Waals surface area contributed by atoms with Gasteiger partial charge in [0, 0.05) is 11.9 Å². The molecule has 0 fully saturated rings. The number of ether oxygens (including phenoxy) is 2. The first-order chi connectivity index (χ1) is 13.2. The van der Waals surface area contributed by atoms with Crippen molar-refractivity contribution in [3.8, 4) is 11.5 Å². The zero-order chi connectivity index (χ0) is 19.1. The zero-order valence-electron chi connectivity index (χ0n) is 15.1. The second kappa shape index (κ2) is 8.66. The van der Waals surface area contributed by atoms with Gasteiger partial charge in [-0.25, -0.2) is 9.97 Å². The standard InChI is InChI=1S/C20H20N4O3/c1-3-27-15-10-8-14(9-11-15)22-20-21-13-12-17(24-20)19(25)23-16-6-4-5-7-18(16)26-2/h4-13H,3H2,1-2H3,(H,23,25)(H,21,22,24). The van der Waals surface area contributed by atoms with E-state index in [2.05, 4.69) is 20.6 Å². The number of rotatable bonds is 7. The number of hydrogen-bond acceptors (Lipinski definition) is 6. The molecular weight excluding hydrogens is 344 g/mol. The first kappa shape index (κ1) is 18.2. The van der Waals surface area contributed by atoms with Gasteiger partial charge in [0.25, 0.3) is 5.91 Å². The van der Waals surface area contributed by atoms with Gasteiger partial charge in [-0.05, 0) is 49.4 Å². The number of nitrogens with one attached hydrogen (secondary N) is 2. The van der Waals surface area contributed by atoms with Crippen LogP contribution in [-0.4, -0.2) is 29.6 Å². The molecule has 27 heavy (non-hydrogen) atoms. The predicted molar refractivity (Wildman–Crippen MR) is 104 cm³/mol. The van der Waals surface area contributed by atoms with Crippen LogP contribution >= 0.6 is 0 Å². The Kier molecular flexibility index (Phi) is 5.84. The molecule has 7 heteroatoms. The predicted octanol–water partition coefficient (Wildman–Crippen LogP) is 3.88. The van der Waals surface area contributed by atoms with E-state index in [1.807, 2.05) is 43.3 Å². The van der Waals surface area contributed by atoms with Crippen molar-refractivity contribution in [2.75, 3.05) is 24.4 Å². The summed E-state index contributed by atoms with van der Waals surface area (Å²) in [5.41, 5.74) is 1.61. The Morgan fingerprint density at radius 1 is 1.07 bits per heavy atom. The molecule has 0 saturated carbocycles. The number of anilines is 3. The molecule has 7 nitrogen and oxygen atoms in total. The van der Waals surface area contributed by atoms with Crippen molar-refractivity contribution in [1.82, 2.24) is 9.97 Å². The third-order valence-corrected chi connectivity index (χ3v) is 3.66. The maximum absolute atomic E-state index is 12.5. The summed E-state index contributed by atoms with van der Waals surface area (Å²) >= 11 is 0. The van der Waals surface area contributed by atoms with Gasteiger partial charge >= 0.3 is 0 Å². The highest BCUT2D eigenvalue weighted by atomic mass is 16.5. The summed E-state index contributed by atoms with van der Waals surface area (Å²) < 4.78 is 10.7. The fraction of sp³-hybridized carbons (Fsp3) is 0.150. The van der Waals surface area contributed by atoms with Crippen LogP contribution < -0.4 is 20.1 Å². The van der Waals surface area contributed by atoms with Crippen molar-refractivity contribution >= 4 is 23.2 Å². The van der Waals surface area contributed by atoms with Gasteiger partial charge in [-0.3, -0.25) is 4.79 Å². The molecule has 0 unspecified atom stereocenters. The Morgan fingerprint density at radius 3 is 2.59 bits per heavy atom. The minimum absolute atomic E-state index is 0.240. The van der Waals surface area contributed by atoms with Crippen LogP contribution in [-0.2, 0) is 0 Å². The maximum atomic E-state index is 12.5. The quantitative estimate of drug-likeness (QED) is 0.662. The number of nitrogens with zero attached hydrogens (tertiary/aromatic N) is 2. The number of hydrogen-bond donors (Lipinski definition) is 2. The van der Waals surface area contributed by atoms with Crippen LogP contribution in [0, 0.1) is 0 Å². The van der Waals surface area contributed by atoms with Crippen molar-refractivity contribution in [2.24, 2.45) is 0 Å². The molecule has 0 radical (unpaired) electrons. The lowest BCUT2D eigenvalue weighted by Gasteiger charge is -2.10. The van der Waals surface area contributed by atoms with Crippen LogP contribution in [0.4, 0.5) is 17.3 Å². The van der Waals surface area contributed by atoms with E-state index in [0.29, 0.717) is 24.0 Å². The fourth-order valence-corrected chi connectivity index (χ4v) is 2.41. The number of methoxy groups -OCH3 is 1. The molecule has 2 N–H and O–H groups in total. The highest BCUT2D eigenvalue weighted by Gasteiger charge is 2.12. The monoisotopic (exact) mass is 364 g/mol. The van der Waals surface area contributed by atoms with Crippen LogP contribution in [0.1, 0.15) is 17.4 Å². The Morgan fingerprint density at radius 2 is 1.85 bits per heavy atom. The van der Waals surface area contributed by atoms with E-state index in [1.165, 1.54) is 6.20 Å². The Bertz CT molecular complexity index is 913. The third-order valence-electron chi connectivity index (χ3n) is 3.66. The summed E-state index contributed by atoms with van der Waals surface area (Å²) in [6.45, 7) is 2.54. The lowest BCUT2D eigenvalue weighted by Crippen LogP contribution is -2.15. The lowest BCUT2D eigenvalue weighted by atomic mass is 10.2. The van der Waals surface area contributed by atoms with Crippen LogP contribution in [0.15, 0.2) is 60.8 Å². The topological polar surface area (TPSA) is 85.4 Å². The number of carbonyl (C=O) groups excluding carboxylic acids is 1. The smallest absolute Gasteiger partial charge is 0.274 e. The SMILES string of the molecule is CCOc1ccc(Nc2nccc(C(=O)Nc3ccccc3OC)n2)cc1. The lowest BCUT2D eigenvalue weighted by molar-refractivity contribution is 0.102. The van der Waals surface area contributed by atoms with Gasteiger partial charge in [0.15, 0.2) is 0 Å². The van der Waals surface area contributed by atoms with Gasteiger partial charge in [0.05, 0.1) is 19.4 Å². The Balaban J connectivity index is 1.72. The third kappa shape index (κ3) is 4.72. The van der Waals surface area contributed by atoms with Crippen LogP contribution in [0.2, 0.25) is 0 Å². The van der Waals surface area contributed by atoms with Crippen molar-refractivity contribution in [2.45, 2.75) is 6.92 Å². The molecule has 0 bridgehead atoms. The number of aromatic nitrogens is 2. The van der Waals surface area contributed by atoms with Crippen molar-refractivity contribution in [3.63, 3.8) is 0 Å². The molecule has 0 aliphatic carbocycles. The molecule has 0 spiro atoms.